The molecule has 0 radical (unpaired) electrons. The van der Waals surface area contributed by atoms with E-state index in [1.54, 1.807) is 28.5 Å². The van der Waals surface area contributed by atoms with E-state index >= 15 is 0 Å². The maximum atomic E-state index is 14.1. The standard InChI is InChI=1S/C16H18FN3OS/c1-10-6-14(11-4-2-3-5-12(11)17)20(8-10)16(21)13-9-22-15(7-18)19-13/h2-5,9-10,14H,6-8,18H2,1H3. The topological polar surface area (TPSA) is 59.2 Å². The summed E-state index contributed by atoms with van der Waals surface area (Å²) in [7, 11) is 0. The average molecular weight is 319 g/mol. The van der Waals surface area contributed by atoms with Crippen molar-refractivity contribution in [2.24, 2.45) is 11.7 Å². The third-order valence-electron chi connectivity index (χ3n) is 3.98. The first-order valence-corrected chi connectivity index (χ1v) is 8.18. The molecule has 2 unspecified atom stereocenters. The van der Waals surface area contributed by atoms with E-state index in [2.05, 4.69) is 11.9 Å². The first kappa shape index (κ1) is 15.1. The first-order chi connectivity index (χ1) is 10.6. The molecule has 0 saturated carbocycles. The summed E-state index contributed by atoms with van der Waals surface area (Å²) in [5, 5.41) is 2.46. The average Bonchev–Trinajstić information content (AvgIpc) is 3.13. The van der Waals surface area contributed by atoms with Crippen LogP contribution in [-0.2, 0) is 6.54 Å². The lowest BCUT2D eigenvalue weighted by molar-refractivity contribution is 0.0725. The van der Waals surface area contributed by atoms with Gasteiger partial charge in [-0.1, -0.05) is 25.1 Å². The molecule has 2 heterocycles. The third kappa shape index (κ3) is 2.76. The summed E-state index contributed by atoms with van der Waals surface area (Å²) < 4.78 is 14.1. The van der Waals surface area contributed by atoms with Gasteiger partial charge in [0.1, 0.15) is 16.5 Å². The minimum Gasteiger partial charge on any atom is -0.330 e. The molecule has 2 aromatic rings. The highest BCUT2D eigenvalue weighted by Crippen LogP contribution is 2.37. The minimum atomic E-state index is -0.264. The second-order valence-corrected chi connectivity index (χ2v) is 6.61. The SMILES string of the molecule is CC1CC(c2ccccc2F)N(C(=O)c2csc(CN)n2)C1. The summed E-state index contributed by atoms with van der Waals surface area (Å²) in [6.07, 6.45) is 0.764. The lowest BCUT2D eigenvalue weighted by Crippen LogP contribution is -2.31. The lowest BCUT2D eigenvalue weighted by Gasteiger charge is -2.24. The van der Waals surface area contributed by atoms with Gasteiger partial charge in [-0.25, -0.2) is 9.37 Å². The van der Waals surface area contributed by atoms with Gasteiger partial charge < -0.3 is 10.6 Å². The summed E-state index contributed by atoms with van der Waals surface area (Å²) in [5.41, 5.74) is 6.53. The highest BCUT2D eigenvalue weighted by Gasteiger charge is 2.36. The second-order valence-electron chi connectivity index (χ2n) is 5.67. The van der Waals surface area contributed by atoms with Crippen LogP contribution in [0.25, 0.3) is 0 Å². The maximum absolute atomic E-state index is 14.1. The largest absolute Gasteiger partial charge is 0.330 e. The molecular weight excluding hydrogens is 301 g/mol. The van der Waals surface area contributed by atoms with Crippen LogP contribution in [0, 0.1) is 11.7 Å². The van der Waals surface area contributed by atoms with Gasteiger partial charge in [0.2, 0.25) is 0 Å². The van der Waals surface area contributed by atoms with E-state index in [1.807, 2.05) is 0 Å². The number of hydrogen-bond acceptors (Lipinski definition) is 4. The number of aromatic nitrogens is 1. The van der Waals surface area contributed by atoms with E-state index < -0.39 is 0 Å². The number of nitrogens with two attached hydrogens (primary N) is 1. The molecule has 1 saturated heterocycles. The summed E-state index contributed by atoms with van der Waals surface area (Å²) in [6.45, 7) is 3.02. The molecule has 22 heavy (non-hydrogen) atoms. The highest BCUT2D eigenvalue weighted by atomic mass is 32.1. The van der Waals surface area contributed by atoms with Crippen LogP contribution in [0.2, 0.25) is 0 Å². The summed E-state index contributed by atoms with van der Waals surface area (Å²) in [5.74, 6) is -0.0740. The third-order valence-corrected chi connectivity index (χ3v) is 4.85. The molecular formula is C16H18FN3OS. The minimum absolute atomic E-state index is 0.145. The van der Waals surface area contributed by atoms with Crippen molar-refractivity contribution < 1.29 is 9.18 Å². The van der Waals surface area contributed by atoms with E-state index in [0.717, 1.165) is 11.4 Å². The van der Waals surface area contributed by atoms with Crippen molar-refractivity contribution in [2.45, 2.75) is 25.9 Å². The Bertz CT molecular complexity index is 688. The van der Waals surface area contributed by atoms with Crippen LogP contribution in [-0.4, -0.2) is 22.3 Å². The molecule has 0 bridgehead atoms. The van der Waals surface area contributed by atoms with Crippen molar-refractivity contribution in [3.05, 3.63) is 51.7 Å². The Balaban J connectivity index is 1.90. The number of likely N-dealkylation sites (tertiary alicyclic amines) is 1. The molecule has 1 aliphatic heterocycles. The van der Waals surface area contributed by atoms with Gasteiger partial charge >= 0.3 is 0 Å². The number of rotatable bonds is 3. The van der Waals surface area contributed by atoms with Crippen molar-refractivity contribution in [2.75, 3.05) is 6.54 Å². The lowest BCUT2D eigenvalue weighted by atomic mass is 10.0. The number of thiazole rings is 1. The Labute approximate surface area is 132 Å². The summed E-state index contributed by atoms with van der Waals surface area (Å²) in [4.78, 5) is 18.7. The fourth-order valence-electron chi connectivity index (χ4n) is 2.96. The predicted molar refractivity (Wildman–Crippen MR) is 84.0 cm³/mol. The fraction of sp³-hybridized carbons (Fsp3) is 0.375. The van der Waals surface area contributed by atoms with E-state index in [-0.39, 0.29) is 17.8 Å². The van der Waals surface area contributed by atoms with Crippen LogP contribution < -0.4 is 5.73 Å². The molecule has 1 fully saturated rings. The molecule has 0 spiro atoms. The zero-order valence-electron chi connectivity index (χ0n) is 12.3. The molecule has 2 atom stereocenters. The van der Waals surface area contributed by atoms with Gasteiger partial charge in [0.15, 0.2) is 0 Å². The van der Waals surface area contributed by atoms with Crippen LogP contribution in [0.3, 0.4) is 0 Å². The molecule has 6 heteroatoms. The molecule has 116 valence electrons. The van der Waals surface area contributed by atoms with Gasteiger partial charge in [-0.15, -0.1) is 11.3 Å². The number of carbonyl (C=O) groups is 1. The van der Waals surface area contributed by atoms with Crippen LogP contribution in [0.15, 0.2) is 29.6 Å². The van der Waals surface area contributed by atoms with Gasteiger partial charge in [-0.3, -0.25) is 4.79 Å². The Morgan fingerprint density at radius 3 is 2.95 bits per heavy atom. The number of amides is 1. The molecule has 1 aliphatic rings. The van der Waals surface area contributed by atoms with Gasteiger partial charge in [-0.05, 0) is 18.4 Å². The highest BCUT2D eigenvalue weighted by molar-refractivity contribution is 7.09. The number of hydrogen-bond donors (Lipinski definition) is 1. The van der Waals surface area contributed by atoms with Crippen LogP contribution in [0.1, 0.15) is 40.4 Å². The Morgan fingerprint density at radius 2 is 2.27 bits per heavy atom. The summed E-state index contributed by atoms with van der Waals surface area (Å²) >= 11 is 1.38. The Kier molecular flexibility index (Phi) is 4.22. The number of halogens is 1. The number of benzene rings is 1. The fourth-order valence-corrected chi connectivity index (χ4v) is 3.61. The summed E-state index contributed by atoms with van der Waals surface area (Å²) in [6, 6.07) is 6.43. The van der Waals surface area contributed by atoms with Crippen molar-refractivity contribution >= 4 is 17.2 Å². The number of carbonyl (C=O) groups excluding carboxylic acids is 1. The van der Waals surface area contributed by atoms with Crippen LogP contribution in [0.5, 0.6) is 0 Å². The maximum Gasteiger partial charge on any atom is 0.273 e. The van der Waals surface area contributed by atoms with E-state index in [4.69, 9.17) is 5.73 Å². The Morgan fingerprint density at radius 1 is 1.50 bits per heavy atom. The van der Waals surface area contributed by atoms with Crippen molar-refractivity contribution in [3.63, 3.8) is 0 Å². The monoisotopic (exact) mass is 319 g/mol. The van der Waals surface area contributed by atoms with Gasteiger partial charge in [0, 0.05) is 24.0 Å². The van der Waals surface area contributed by atoms with E-state index in [9.17, 15) is 9.18 Å². The predicted octanol–water partition coefficient (Wildman–Crippen LogP) is 2.96. The first-order valence-electron chi connectivity index (χ1n) is 7.30. The molecule has 1 aromatic heterocycles. The molecule has 0 aliphatic carbocycles. The number of nitrogens with zero attached hydrogens (tertiary/aromatic N) is 2. The van der Waals surface area contributed by atoms with Gasteiger partial charge in [0.05, 0.1) is 6.04 Å². The molecule has 1 amide bonds. The zero-order valence-corrected chi connectivity index (χ0v) is 13.1. The normalized spacial score (nSPS) is 21.3. The van der Waals surface area contributed by atoms with Crippen molar-refractivity contribution in [1.82, 2.24) is 9.88 Å². The zero-order chi connectivity index (χ0) is 15.7. The van der Waals surface area contributed by atoms with Gasteiger partial charge in [-0.2, -0.15) is 0 Å². The molecule has 2 N–H and O–H groups in total. The van der Waals surface area contributed by atoms with E-state index in [1.165, 1.54) is 17.4 Å². The van der Waals surface area contributed by atoms with Crippen LogP contribution >= 0.6 is 11.3 Å². The van der Waals surface area contributed by atoms with Gasteiger partial charge in [0.25, 0.3) is 5.91 Å². The molecule has 3 rings (SSSR count). The molecule has 4 nitrogen and oxygen atoms in total. The van der Waals surface area contributed by atoms with Crippen molar-refractivity contribution in [3.8, 4) is 0 Å². The quantitative estimate of drug-likeness (QED) is 0.946. The van der Waals surface area contributed by atoms with Crippen LogP contribution in [0.4, 0.5) is 4.39 Å². The molecule has 1 aromatic carbocycles. The van der Waals surface area contributed by atoms with E-state index in [0.29, 0.717) is 30.3 Å². The Hall–Kier alpha value is -1.79. The van der Waals surface area contributed by atoms with Crippen molar-refractivity contribution in [1.29, 1.82) is 0 Å². The smallest absolute Gasteiger partial charge is 0.273 e. The second kappa shape index (κ2) is 6.14.